The average Bonchev–Trinajstić information content (AvgIpc) is 3.07. The number of amides is 2. The molecule has 0 atom stereocenters. The number of halogens is 4. The summed E-state index contributed by atoms with van der Waals surface area (Å²) in [5.41, 5.74) is 1.15. The summed E-state index contributed by atoms with van der Waals surface area (Å²) in [5.74, 6) is -3.96. The highest BCUT2D eigenvalue weighted by Gasteiger charge is 2.33. The number of rotatable bonds is 4. The highest BCUT2D eigenvalue weighted by molar-refractivity contribution is 6.43. The largest absolute Gasteiger partial charge is 0.507 e. The maximum Gasteiger partial charge on any atom is 0.417 e. The molecule has 0 saturated heterocycles. The molecule has 0 aliphatic heterocycles. The van der Waals surface area contributed by atoms with E-state index in [1.807, 2.05) is 0 Å². The van der Waals surface area contributed by atoms with Crippen LogP contribution in [0.4, 0.5) is 24.5 Å². The van der Waals surface area contributed by atoms with Crippen molar-refractivity contribution in [2.24, 2.45) is 7.05 Å². The Morgan fingerprint density at radius 1 is 0.947 bits per heavy atom. The van der Waals surface area contributed by atoms with Gasteiger partial charge in [-0.1, -0.05) is 23.7 Å². The Hall–Kier alpha value is -4.51. The van der Waals surface area contributed by atoms with Gasteiger partial charge in [-0.15, -0.1) is 0 Å². The van der Waals surface area contributed by atoms with Crippen LogP contribution in [0.3, 0.4) is 0 Å². The standard InChI is InChI=1S/C26H19ClF3N3O5/c1-12-16-10-17(25(37)38)21(34)11-20(16)33(2)22(12)13-4-3-5-14(8-13)31-23(35)24(36)32-15-6-7-19(27)18(9-15)26(28,29)30/h3-11,34H,1-2H3,(H,31,35)(H,32,36)(H,37,38). The van der Waals surface area contributed by atoms with Crippen LogP contribution in [0.15, 0.2) is 54.6 Å². The Morgan fingerprint density at radius 3 is 2.18 bits per heavy atom. The lowest BCUT2D eigenvalue weighted by Gasteiger charge is -2.12. The third kappa shape index (κ3) is 5.00. The summed E-state index contributed by atoms with van der Waals surface area (Å²) >= 11 is 5.58. The second-order valence-corrected chi connectivity index (χ2v) is 8.81. The van der Waals surface area contributed by atoms with Crippen molar-refractivity contribution < 1.29 is 37.8 Å². The lowest BCUT2D eigenvalue weighted by Crippen LogP contribution is -2.29. The Labute approximate surface area is 218 Å². The quantitative estimate of drug-likeness (QED) is 0.241. The van der Waals surface area contributed by atoms with E-state index in [1.165, 1.54) is 18.2 Å². The first-order valence-electron chi connectivity index (χ1n) is 10.9. The van der Waals surface area contributed by atoms with Gasteiger partial charge in [0, 0.05) is 35.4 Å². The number of alkyl halides is 3. The summed E-state index contributed by atoms with van der Waals surface area (Å²) in [6, 6.07) is 11.9. The lowest BCUT2D eigenvalue weighted by molar-refractivity contribution is -0.137. The highest BCUT2D eigenvalue weighted by Crippen LogP contribution is 2.37. The minimum Gasteiger partial charge on any atom is -0.507 e. The van der Waals surface area contributed by atoms with Crippen LogP contribution in [0.1, 0.15) is 21.5 Å². The Morgan fingerprint density at radius 2 is 1.58 bits per heavy atom. The number of aromatic hydroxyl groups is 1. The van der Waals surface area contributed by atoms with Crippen molar-refractivity contribution in [3.05, 3.63) is 76.3 Å². The molecule has 4 aromatic rings. The molecule has 0 aliphatic rings. The summed E-state index contributed by atoms with van der Waals surface area (Å²) in [6.07, 6.45) is -4.74. The number of carboxylic acids is 1. The van der Waals surface area contributed by atoms with E-state index >= 15 is 0 Å². The van der Waals surface area contributed by atoms with Crippen LogP contribution in [0.5, 0.6) is 5.75 Å². The topological polar surface area (TPSA) is 121 Å². The SMILES string of the molecule is Cc1c(-c2cccc(NC(=O)C(=O)Nc3ccc(Cl)c(C(F)(F)F)c3)c2)n(C)c2cc(O)c(C(=O)O)cc12. The number of hydrogen-bond acceptors (Lipinski definition) is 4. The number of aromatic nitrogens is 1. The first-order valence-corrected chi connectivity index (χ1v) is 11.3. The number of anilines is 2. The number of phenols is 1. The van der Waals surface area contributed by atoms with Gasteiger partial charge in [-0.05, 0) is 48.9 Å². The van der Waals surface area contributed by atoms with E-state index in [0.29, 0.717) is 28.2 Å². The predicted octanol–water partition coefficient (Wildman–Crippen LogP) is 5.81. The maximum atomic E-state index is 13.1. The molecule has 0 spiro atoms. The summed E-state index contributed by atoms with van der Waals surface area (Å²) in [5, 5.41) is 24.0. The van der Waals surface area contributed by atoms with Gasteiger partial charge < -0.3 is 25.4 Å². The van der Waals surface area contributed by atoms with Gasteiger partial charge in [-0.3, -0.25) is 9.59 Å². The van der Waals surface area contributed by atoms with Crippen LogP contribution in [-0.4, -0.2) is 32.6 Å². The minimum atomic E-state index is -4.74. The van der Waals surface area contributed by atoms with Crippen LogP contribution in [0, 0.1) is 6.92 Å². The molecule has 196 valence electrons. The van der Waals surface area contributed by atoms with Crippen LogP contribution in [-0.2, 0) is 22.8 Å². The van der Waals surface area contributed by atoms with E-state index in [1.54, 1.807) is 36.7 Å². The summed E-state index contributed by atoms with van der Waals surface area (Å²) in [4.78, 5) is 36.3. The molecule has 38 heavy (non-hydrogen) atoms. The third-order valence-electron chi connectivity index (χ3n) is 5.93. The molecule has 2 amide bonds. The fraction of sp³-hybridized carbons (Fsp3) is 0.115. The summed E-state index contributed by atoms with van der Waals surface area (Å²) in [7, 11) is 1.73. The number of carboxylic acid groups (broad SMARTS) is 1. The fourth-order valence-corrected chi connectivity index (χ4v) is 4.40. The number of carbonyl (C=O) groups excluding carboxylic acids is 2. The highest BCUT2D eigenvalue weighted by atomic mass is 35.5. The van der Waals surface area contributed by atoms with Crippen molar-refractivity contribution in [2.75, 3.05) is 10.6 Å². The number of aromatic carboxylic acids is 1. The van der Waals surface area contributed by atoms with Gasteiger partial charge in [-0.25, -0.2) is 4.79 Å². The van der Waals surface area contributed by atoms with Gasteiger partial charge in [0.25, 0.3) is 0 Å². The molecule has 0 radical (unpaired) electrons. The van der Waals surface area contributed by atoms with E-state index < -0.39 is 34.5 Å². The molecule has 4 rings (SSSR count). The van der Waals surface area contributed by atoms with Crippen molar-refractivity contribution in [3.63, 3.8) is 0 Å². The van der Waals surface area contributed by atoms with Gasteiger partial charge >= 0.3 is 24.0 Å². The molecular weight excluding hydrogens is 527 g/mol. The van der Waals surface area contributed by atoms with Crippen LogP contribution in [0.2, 0.25) is 5.02 Å². The van der Waals surface area contributed by atoms with E-state index in [-0.39, 0.29) is 22.7 Å². The zero-order valence-electron chi connectivity index (χ0n) is 19.8. The van der Waals surface area contributed by atoms with Crippen molar-refractivity contribution in [3.8, 4) is 17.0 Å². The number of nitrogens with one attached hydrogen (secondary N) is 2. The molecule has 4 N–H and O–H groups in total. The average molecular weight is 546 g/mol. The van der Waals surface area contributed by atoms with Crippen molar-refractivity contribution in [1.29, 1.82) is 0 Å². The number of hydrogen-bond donors (Lipinski definition) is 4. The fourth-order valence-electron chi connectivity index (χ4n) is 4.18. The first-order chi connectivity index (χ1) is 17.8. The van der Waals surface area contributed by atoms with E-state index in [4.69, 9.17) is 11.6 Å². The van der Waals surface area contributed by atoms with Gasteiger partial charge in [0.1, 0.15) is 11.3 Å². The predicted molar refractivity (Wildman–Crippen MR) is 135 cm³/mol. The van der Waals surface area contributed by atoms with E-state index in [0.717, 1.165) is 17.7 Å². The second kappa shape index (κ2) is 9.75. The molecule has 0 aliphatic carbocycles. The number of fused-ring (bicyclic) bond motifs is 1. The Bertz CT molecular complexity index is 1630. The van der Waals surface area contributed by atoms with E-state index in [2.05, 4.69) is 10.6 Å². The molecule has 3 aromatic carbocycles. The zero-order valence-corrected chi connectivity index (χ0v) is 20.5. The summed E-state index contributed by atoms with van der Waals surface area (Å²) < 4.78 is 41.0. The third-order valence-corrected chi connectivity index (χ3v) is 6.26. The van der Waals surface area contributed by atoms with Gasteiger partial charge in [0.05, 0.1) is 21.8 Å². The maximum absolute atomic E-state index is 13.1. The van der Waals surface area contributed by atoms with Crippen molar-refractivity contribution in [1.82, 2.24) is 4.57 Å². The zero-order chi connectivity index (χ0) is 27.9. The first kappa shape index (κ1) is 26.6. The Balaban J connectivity index is 1.59. The van der Waals surface area contributed by atoms with Gasteiger partial charge in [-0.2, -0.15) is 13.2 Å². The molecular formula is C26H19ClF3N3O5. The molecule has 12 heteroatoms. The monoisotopic (exact) mass is 545 g/mol. The van der Waals surface area contributed by atoms with Gasteiger partial charge in [0.15, 0.2) is 0 Å². The molecule has 1 heterocycles. The minimum absolute atomic E-state index is 0.230. The molecule has 0 saturated carbocycles. The lowest BCUT2D eigenvalue weighted by atomic mass is 10.0. The van der Waals surface area contributed by atoms with Crippen molar-refractivity contribution >= 4 is 51.7 Å². The number of carbonyl (C=O) groups is 3. The number of benzene rings is 3. The van der Waals surface area contributed by atoms with Crippen molar-refractivity contribution in [2.45, 2.75) is 13.1 Å². The molecule has 0 unspecified atom stereocenters. The smallest absolute Gasteiger partial charge is 0.417 e. The normalized spacial score (nSPS) is 11.4. The molecule has 0 bridgehead atoms. The molecule has 0 fully saturated rings. The summed E-state index contributed by atoms with van der Waals surface area (Å²) in [6.45, 7) is 1.78. The van der Waals surface area contributed by atoms with Crippen LogP contribution in [0.25, 0.3) is 22.2 Å². The van der Waals surface area contributed by atoms with E-state index in [9.17, 15) is 37.8 Å². The number of aryl methyl sites for hydroxylation is 2. The number of nitrogens with zero attached hydrogens (tertiary/aromatic N) is 1. The molecule has 8 nitrogen and oxygen atoms in total. The molecule has 1 aromatic heterocycles. The van der Waals surface area contributed by atoms with Crippen LogP contribution >= 0.6 is 11.6 Å². The van der Waals surface area contributed by atoms with Gasteiger partial charge in [0.2, 0.25) is 0 Å². The second-order valence-electron chi connectivity index (χ2n) is 8.41. The van der Waals surface area contributed by atoms with Crippen LogP contribution < -0.4 is 10.6 Å². The Kier molecular flexibility index (Phi) is 6.81.